The Morgan fingerprint density at radius 2 is 1.93 bits per heavy atom. The van der Waals surface area contributed by atoms with Crippen molar-refractivity contribution in [2.24, 2.45) is 0 Å². The Kier molecular flexibility index (Phi) is 5.04. The molecule has 0 saturated carbocycles. The van der Waals surface area contributed by atoms with E-state index in [9.17, 15) is 13.2 Å². The summed E-state index contributed by atoms with van der Waals surface area (Å²) < 4.78 is 27.3. The van der Waals surface area contributed by atoms with Gasteiger partial charge in [-0.15, -0.1) is 4.09 Å². The van der Waals surface area contributed by atoms with E-state index in [2.05, 4.69) is 15.7 Å². The number of benzene rings is 2. The van der Waals surface area contributed by atoms with Crippen molar-refractivity contribution in [1.29, 1.82) is 0 Å². The average molecular weight is 408 g/mol. The number of aromatic nitrogens is 2. The molecule has 0 spiro atoms. The number of fused-ring (bicyclic) bond motifs is 1. The maximum atomic E-state index is 13.2. The van der Waals surface area contributed by atoms with E-state index in [-0.39, 0.29) is 10.7 Å². The van der Waals surface area contributed by atoms with Crippen LogP contribution in [0.1, 0.15) is 22.4 Å². The van der Waals surface area contributed by atoms with Crippen LogP contribution >= 0.6 is 0 Å². The van der Waals surface area contributed by atoms with Gasteiger partial charge in [0, 0.05) is 24.7 Å². The summed E-state index contributed by atoms with van der Waals surface area (Å²) in [7, 11) is -3.94. The van der Waals surface area contributed by atoms with E-state index in [0.717, 1.165) is 15.2 Å². The number of carbonyl (C=O) groups excluding carboxylic acids is 1. The van der Waals surface area contributed by atoms with E-state index >= 15 is 0 Å². The second-order valence-corrected chi connectivity index (χ2v) is 8.54. The summed E-state index contributed by atoms with van der Waals surface area (Å²) in [6.45, 7) is 2.72. The fourth-order valence-corrected chi connectivity index (χ4v) is 4.56. The van der Waals surface area contributed by atoms with Crippen molar-refractivity contribution in [3.63, 3.8) is 0 Å². The maximum Gasteiger partial charge on any atom is 0.284 e. The number of anilines is 1. The summed E-state index contributed by atoms with van der Waals surface area (Å²) in [6, 6.07) is 16.0. The third kappa shape index (κ3) is 3.85. The van der Waals surface area contributed by atoms with E-state index in [4.69, 9.17) is 0 Å². The van der Waals surface area contributed by atoms with Gasteiger partial charge in [0.05, 0.1) is 10.6 Å². The van der Waals surface area contributed by atoms with Crippen molar-refractivity contribution in [2.45, 2.75) is 24.9 Å². The number of rotatable bonds is 5. The summed E-state index contributed by atoms with van der Waals surface area (Å²) >= 11 is 0. The van der Waals surface area contributed by atoms with Crippen molar-refractivity contribution in [2.75, 3.05) is 5.32 Å². The molecule has 148 valence electrons. The molecule has 29 heavy (non-hydrogen) atoms. The van der Waals surface area contributed by atoms with E-state index in [1.807, 2.05) is 43.3 Å². The smallest absolute Gasteiger partial charge is 0.284 e. The Morgan fingerprint density at radius 3 is 2.69 bits per heavy atom. The molecular formula is C21H20N4O3S. The number of hydrogen-bond acceptors (Lipinski definition) is 5. The van der Waals surface area contributed by atoms with Gasteiger partial charge in [0.2, 0.25) is 5.91 Å². The Bertz CT molecular complexity index is 1200. The Balaban J connectivity index is 1.69. The number of hydrogen-bond donors (Lipinski definition) is 2. The number of amides is 1. The van der Waals surface area contributed by atoms with Crippen LogP contribution in [0.15, 0.2) is 65.6 Å². The first-order valence-electron chi connectivity index (χ1n) is 9.13. The average Bonchev–Trinajstić information content (AvgIpc) is 3.30. The van der Waals surface area contributed by atoms with Crippen molar-refractivity contribution in [1.82, 2.24) is 14.5 Å². The van der Waals surface area contributed by atoms with E-state index in [0.29, 0.717) is 24.3 Å². The lowest BCUT2D eigenvalue weighted by molar-refractivity contribution is -0.111. The molecule has 8 heteroatoms. The summed E-state index contributed by atoms with van der Waals surface area (Å²) in [4.78, 5) is 12.6. The van der Waals surface area contributed by atoms with Gasteiger partial charge in [0.1, 0.15) is 0 Å². The molecule has 0 radical (unpaired) electrons. The number of nitrogens with one attached hydrogen (secondary N) is 2. The first-order chi connectivity index (χ1) is 13.9. The van der Waals surface area contributed by atoms with Crippen LogP contribution in [0.2, 0.25) is 0 Å². The molecule has 0 atom stereocenters. The number of nitrogens with zero attached hydrogens (tertiary/aromatic N) is 2. The van der Waals surface area contributed by atoms with Crippen LogP contribution in [0.25, 0.3) is 6.08 Å². The minimum atomic E-state index is -3.94. The highest BCUT2D eigenvalue weighted by Crippen LogP contribution is 2.28. The van der Waals surface area contributed by atoms with Crippen molar-refractivity contribution < 1.29 is 13.2 Å². The molecule has 7 nitrogen and oxygen atoms in total. The van der Waals surface area contributed by atoms with Crippen LogP contribution in [-0.4, -0.2) is 23.5 Å². The molecule has 0 bridgehead atoms. The summed E-state index contributed by atoms with van der Waals surface area (Å²) in [6.07, 6.45) is 3.05. The van der Waals surface area contributed by atoms with E-state index in [1.165, 1.54) is 12.1 Å². The zero-order chi connectivity index (χ0) is 20.4. The molecule has 0 fully saturated rings. The summed E-state index contributed by atoms with van der Waals surface area (Å²) in [5.41, 5.74) is 2.99. The van der Waals surface area contributed by atoms with Crippen LogP contribution in [0.3, 0.4) is 0 Å². The molecule has 1 aliphatic heterocycles. The monoisotopic (exact) mass is 408 g/mol. The summed E-state index contributed by atoms with van der Waals surface area (Å²) in [5.74, 6) is -0.252. The highest BCUT2D eigenvalue weighted by atomic mass is 32.2. The van der Waals surface area contributed by atoms with Gasteiger partial charge < -0.3 is 10.6 Å². The topological polar surface area (TPSA) is 93.1 Å². The lowest BCUT2D eigenvalue weighted by Gasteiger charge is -2.11. The van der Waals surface area contributed by atoms with E-state index in [1.54, 1.807) is 18.2 Å². The molecule has 1 aromatic heterocycles. The third-order valence-corrected chi connectivity index (χ3v) is 6.18. The van der Waals surface area contributed by atoms with Crippen LogP contribution in [0, 0.1) is 6.92 Å². The van der Waals surface area contributed by atoms with Crippen LogP contribution < -0.4 is 10.6 Å². The Labute approximate surface area is 169 Å². The van der Waals surface area contributed by atoms with Crippen molar-refractivity contribution in [3.8, 4) is 0 Å². The molecule has 3 aromatic rings. The molecule has 1 aliphatic rings. The van der Waals surface area contributed by atoms with Crippen LogP contribution in [-0.2, 0) is 27.9 Å². The SMILES string of the molecule is Cc1cccc(S(=O)(=O)n2nc3c(c2NC(=O)/C=C\c2ccccc2)CNC3)c1. The molecule has 2 aromatic carbocycles. The zero-order valence-corrected chi connectivity index (χ0v) is 16.6. The van der Waals surface area contributed by atoms with Gasteiger partial charge in [-0.3, -0.25) is 4.79 Å². The van der Waals surface area contributed by atoms with Gasteiger partial charge in [-0.2, -0.15) is 13.5 Å². The van der Waals surface area contributed by atoms with Gasteiger partial charge in [-0.25, -0.2) is 0 Å². The lowest BCUT2D eigenvalue weighted by atomic mass is 10.2. The fourth-order valence-electron chi connectivity index (χ4n) is 3.17. The predicted octanol–water partition coefficient (Wildman–Crippen LogP) is 2.68. The van der Waals surface area contributed by atoms with Gasteiger partial charge >= 0.3 is 0 Å². The van der Waals surface area contributed by atoms with Gasteiger partial charge in [0.25, 0.3) is 10.0 Å². The molecule has 0 aliphatic carbocycles. The molecule has 1 amide bonds. The highest BCUT2D eigenvalue weighted by Gasteiger charge is 2.30. The zero-order valence-electron chi connectivity index (χ0n) is 15.8. The van der Waals surface area contributed by atoms with E-state index < -0.39 is 15.9 Å². The predicted molar refractivity (Wildman–Crippen MR) is 111 cm³/mol. The fraction of sp³-hybridized carbons (Fsp3) is 0.143. The second kappa shape index (κ2) is 7.65. The second-order valence-electron chi connectivity index (χ2n) is 6.78. The molecule has 2 heterocycles. The Morgan fingerprint density at radius 1 is 1.14 bits per heavy atom. The normalized spacial score (nSPS) is 13.6. The van der Waals surface area contributed by atoms with Crippen LogP contribution in [0.4, 0.5) is 5.82 Å². The largest absolute Gasteiger partial charge is 0.307 e. The standard InChI is InChI=1S/C21H20N4O3S/c1-15-6-5-9-17(12-15)29(27,28)25-21(18-13-22-14-19(18)24-25)23-20(26)11-10-16-7-3-2-4-8-16/h2-12,22H,13-14H2,1H3,(H,23,26)/b11-10-. The Hall–Kier alpha value is -3.23. The minimum absolute atomic E-state index is 0.127. The third-order valence-electron chi connectivity index (χ3n) is 4.61. The van der Waals surface area contributed by atoms with Crippen LogP contribution in [0.5, 0.6) is 0 Å². The maximum absolute atomic E-state index is 13.2. The molecule has 4 rings (SSSR count). The molecular weight excluding hydrogens is 388 g/mol. The minimum Gasteiger partial charge on any atom is -0.307 e. The molecule has 2 N–H and O–H groups in total. The quantitative estimate of drug-likeness (QED) is 0.633. The molecule has 0 saturated heterocycles. The summed E-state index contributed by atoms with van der Waals surface area (Å²) in [5, 5.41) is 10.1. The van der Waals surface area contributed by atoms with Gasteiger partial charge in [-0.05, 0) is 36.3 Å². The van der Waals surface area contributed by atoms with Gasteiger partial charge in [0.15, 0.2) is 5.82 Å². The number of carbonyl (C=O) groups is 1. The highest BCUT2D eigenvalue weighted by molar-refractivity contribution is 7.90. The first kappa shape index (κ1) is 19.1. The molecule has 0 unspecified atom stereocenters. The van der Waals surface area contributed by atoms with Crippen molar-refractivity contribution in [3.05, 3.63) is 83.1 Å². The lowest BCUT2D eigenvalue weighted by Crippen LogP contribution is -2.22. The number of aryl methyl sites for hydroxylation is 1. The first-order valence-corrected chi connectivity index (χ1v) is 10.6. The van der Waals surface area contributed by atoms with Crippen molar-refractivity contribution >= 4 is 27.8 Å². The van der Waals surface area contributed by atoms with Gasteiger partial charge in [-0.1, -0.05) is 42.5 Å².